The third-order valence-electron chi connectivity index (χ3n) is 3.75. The first-order valence-electron chi connectivity index (χ1n) is 7.31. The quantitative estimate of drug-likeness (QED) is 0.608. The number of rotatable bonds is 10. The molecule has 4 heteroatoms. The average molecular weight is 263 g/mol. The monoisotopic (exact) mass is 263 g/mol. The van der Waals surface area contributed by atoms with Gasteiger partial charge in [-0.2, -0.15) is 0 Å². The standard InChI is InChI=1S/C14H27F2NO/c1-2-17-13(9-10-18-11-14(15)16)8-7-12-5-3-4-6-12/h12-14,17H,2-11H2,1H3. The molecule has 0 aromatic rings. The van der Waals surface area contributed by atoms with E-state index in [1.165, 1.54) is 32.1 Å². The molecule has 1 fully saturated rings. The van der Waals surface area contributed by atoms with Crippen molar-refractivity contribution in [3.63, 3.8) is 0 Å². The van der Waals surface area contributed by atoms with E-state index in [1.54, 1.807) is 0 Å². The van der Waals surface area contributed by atoms with Crippen molar-refractivity contribution in [1.29, 1.82) is 0 Å². The minimum Gasteiger partial charge on any atom is -0.375 e. The van der Waals surface area contributed by atoms with Crippen molar-refractivity contribution in [1.82, 2.24) is 5.32 Å². The molecular formula is C14H27F2NO. The second kappa shape index (κ2) is 9.68. The largest absolute Gasteiger partial charge is 0.375 e. The lowest BCUT2D eigenvalue weighted by Gasteiger charge is -2.19. The van der Waals surface area contributed by atoms with Gasteiger partial charge in [0, 0.05) is 12.6 Å². The SMILES string of the molecule is CCNC(CCOCC(F)F)CCC1CCCC1. The van der Waals surface area contributed by atoms with Gasteiger partial charge in [-0.3, -0.25) is 0 Å². The molecule has 0 heterocycles. The molecule has 0 aromatic carbocycles. The number of hydrogen-bond donors (Lipinski definition) is 1. The second-order valence-electron chi connectivity index (χ2n) is 5.24. The van der Waals surface area contributed by atoms with Crippen molar-refractivity contribution in [3.8, 4) is 0 Å². The van der Waals surface area contributed by atoms with Crippen LogP contribution in [0.5, 0.6) is 0 Å². The zero-order valence-electron chi connectivity index (χ0n) is 11.5. The summed E-state index contributed by atoms with van der Waals surface area (Å²) < 4.78 is 28.8. The highest BCUT2D eigenvalue weighted by Gasteiger charge is 2.17. The van der Waals surface area contributed by atoms with E-state index in [-0.39, 0.29) is 0 Å². The Kier molecular flexibility index (Phi) is 8.51. The first-order chi connectivity index (χ1) is 8.72. The maximum absolute atomic E-state index is 11.9. The molecule has 1 unspecified atom stereocenters. The Labute approximate surface area is 109 Å². The number of halogens is 2. The van der Waals surface area contributed by atoms with Gasteiger partial charge in [0.05, 0.1) is 0 Å². The van der Waals surface area contributed by atoms with Crippen LogP contribution in [0, 0.1) is 5.92 Å². The first-order valence-corrected chi connectivity index (χ1v) is 7.31. The van der Waals surface area contributed by atoms with E-state index in [2.05, 4.69) is 12.2 Å². The lowest BCUT2D eigenvalue weighted by atomic mass is 9.97. The molecule has 1 aliphatic carbocycles. The molecule has 1 saturated carbocycles. The van der Waals surface area contributed by atoms with E-state index < -0.39 is 13.0 Å². The Hall–Kier alpha value is -0.220. The molecule has 1 aliphatic rings. The van der Waals surface area contributed by atoms with Gasteiger partial charge in [0.2, 0.25) is 0 Å². The van der Waals surface area contributed by atoms with E-state index in [0.29, 0.717) is 12.6 Å². The molecule has 0 aliphatic heterocycles. The second-order valence-corrected chi connectivity index (χ2v) is 5.24. The van der Waals surface area contributed by atoms with Gasteiger partial charge in [-0.05, 0) is 31.7 Å². The molecule has 1 rings (SSSR count). The Balaban J connectivity index is 2.09. The molecule has 108 valence electrons. The lowest BCUT2D eigenvalue weighted by molar-refractivity contribution is 0.0141. The van der Waals surface area contributed by atoms with Gasteiger partial charge in [-0.25, -0.2) is 8.78 Å². The van der Waals surface area contributed by atoms with E-state index in [4.69, 9.17) is 4.74 Å². The Bertz CT molecular complexity index is 196. The third kappa shape index (κ3) is 7.27. The van der Waals surface area contributed by atoms with Crippen molar-refractivity contribution < 1.29 is 13.5 Å². The molecule has 0 amide bonds. The van der Waals surface area contributed by atoms with E-state index in [0.717, 1.165) is 25.3 Å². The average Bonchev–Trinajstić information content (AvgIpc) is 2.84. The molecule has 0 radical (unpaired) electrons. The summed E-state index contributed by atoms with van der Waals surface area (Å²) in [4.78, 5) is 0. The molecule has 0 saturated heterocycles. The highest BCUT2D eigenvalue weighted by atomic mass is 19.3. The van der Waals surface area contributed by atoms with Crippen molar-refractivity contribution in [3.05, 3.63) is 0 Å². The van der Waals surface area contributed by atoms with Crippen LogP contribution in [0.4, 0.5) is 8.78 Å². The van der Waals surface area contributed by atoms with Crippen molar-refractivity contribution >= 4 is 0 Å². The first kappa shape index (κ1) is 15.8. The van der Waals surface area contributed by atoms with Crippen LogP contribution in [0.2, 0.25) is 0 Å². The molecule has 0 aromatic heterocycles. The summed E-state index contributed by atoms with van der Waals surface area (Å²) in [5, 5.41) is 3.43. The van der Waals surface area contributed by atoms with E-state index >= 15 is 0 Å². The van der Waals surface area contributed by atoms with Gasteiger partial charge in [0.15, 0.2) is 0 Å². The maximum atomic E-state index is 11.9. The summed E-state index contributed by atoms with van der Waals surface area (Å²) >= 11 is 0. The fourth-order valence-electron chi connectivity index (χ4n) is 2.77. The zero-order chi connectivity index (χ0) is 13.2. The normalized spacial score (nSPS) is 18.7. The van der Waals surface area contributed by atoms with Crippen molar-refractivity contribution in [2.75, 3.05) is 19.8 Å². The van der Waals surface area contributed by atoms with Gasteiger partial charge in [0.1, 0.15) is 6.61 Å². The van der Waals surface area contributed by atoms with Gasteiger partial charge < -0.3 is 10.1 Å². The third-order valence-corrected chi connectivity index (χ3v) is 3.75. The van der Waals surface area contributed by atoms with Crippen molar-refractivity contribution in [2.24, 2.45) is 5.92 Å². The van der Waals surface area contributed by atoms with E-state index in [1.807, 2.05) is 0 Å². The van der Waals surface area contributed by atoms with E-state index in [9.17, 15) is 8.78 Å². The summed E-state index contributed by atoms with van der Waals surface area (Å²) in [5.74, 6) is 0.896. The summed E-state index contributed by atoms with van der Waals surface area (Å²) in [6.07, 6.45) is 6.43. The molecular weight excluding hydrogens is 236 g/mol. The number of ether oxygens (including phenoxy) is 1. The highest BCUT2D eigenvalue weighted by Crippen LogP contribution is 2.29. The predicted molar refractivity (Wildman–Crippen MR) is 70.1 cm³/mol. The van der Waals surface area contributed by atoms with Crippen molar-refractivity contribution in [2.45, 2.75) is 64.3 Å². The van der Waals surface area contributed by atoms with Crippen LogP contribution in [0.3, 0.4) is 0 Å². The summed E-state index contributed by atoms with van der Waals surface area (Å²) in [7, 11) is 0. The Morgan fingerprint density at radius 3 is 2.56 bits per heavy atom. The summed E-state index contributed by atoms with van der Waals surface area (Å²) in [6, 6.07) is 0.424. The Morgan fingerprint density at radius 2 is 1.94 bits per heavy atom. The summed E-state index contributed by atoms with van der Waals surface area (Å²) in [6.45, 7) is 3.03. The lowest BCUT2D eigenvalue weighted by Crippen LogP contribution is -2.30. The number of hydrogen-bond acceptors (Lipinski definition) is 2. The fraction of sp³-hybridized carbons (Fsp3) is 1.00. The minimum absolute atomic E-state index is 0.424. The van der Waals surface area contributed by atoms with Crippen LogP contribution in [-0.4, -0.2) is 32.2 Å². The molecule has 0 spiro atoms. The van der Waals surface area contributed by atoms with Crippen LogP contribution in [0.1, 0.15) is 51.9 Å². The van der Waals surface area contributed by atoms with Gasteiger partial charge in [0.25, 0.3) is 6.43 Å². The van der Waals surface area contributed by atoms with Gasteiger partial charge in [-0.1, -0.05) is 32.6 Å². The summed E-state index contributed by atoms with van der Waals surface area (Å²) in [5.41, 5.74) is 0. The molecule has 2 nitrogen and oxygen atoms in total. The van der Waals surface area contributed by atoms with Crippen LogP contribution in [0.25, 0.3) is 0 Å². The molecule has 1 N–H and O–H groups in total. The van der Waals surface area contributed by atoms with Crippen LogP contribution < -0.4 is 5.32 Å². The van der Waals surface area contributed by atoms with Gasteiger partial charge in [-0.15, -0.1) is 0 Å². The molecule has 18 heavy (non-hydrogen) atoms. The Morgan fingerprint density at radius 1 is 1.22 bits per heavy atom. The van der Waals surface area contributed by atoms with Gasteiger partial charge >= 0.3 is 0 Å². The predicted octanol–water partition coefficient (Wildman–Crippen LogP) is 3.61. The molecule has 1 atom stereocenters. The smallest absolute Gasteiger partial charge is 0.261 e. The number of nitrogens with one attached hydrogen (secondary N) is 1. The minimum atomic E-state index is -2.35. The fourth-order valence-corrected chi connectivity index (χ4v) is 2.77. The van der Waals surface area contributed by atoms with Crippen LogP contribution in [-0.2, 0) is 4.74 Å². The maximum Gasteiger partial charge on any atom is 0.261 e. The molecule has 0 bridgehead atoms. The topological polar surface area (TPSA) is 21.3 Å². The van der Waals surface area contributed by atoms with Crippen LogP contribution >= 0.6 is 0 Å². The zero-order valence-corrected chi connectivity index (χ0v) is 11.5. The van der Waals surface area contributed by atoms with Crippen LogP contribution in [0.15, 0.2) is 0 Å². The number of alkyl halides is 2. The highest BCUT2D eigenvalue weighted by molar-refractivity contribution is 4.72.